The number of anilines is 1. The molecular weight excluding hydrogens is 386 g/mol. The minimum Gasteiger partial charge on any atom is -0.292 e. The number of benzene rings is 2. The summed E-state index contributed by atoms with van der Waals surface area (Å²) in [6.07, 6.45) is 1.62. The smallest absolute Gasteiger partial charge is 0.271 e. The lowest BCUT2D eigenvalue weighted by Crippen LogP contribution is -2.46. The van der Waals surface area contributed by atoms with Crippen LogP contribution < -0.4 is 4.90 Å². The van der Waals surface area contributed by atoms with E-state index in [0.29, 0.717) is 12.1 Å². The summed E-state index contributed by atoms with van der Waals surface area (Å²) in [6, 6.07) is 13.5. The van der Waals surface area contributed by atoms with Gasteiger partial charge in [-0.05, 0) is 25.5 Å². The first kappa shape index (κ1) is 18.6. The number of ketones is 1. The molecule has 2 amide bonds. The Morgan fingerprint density at radius 1 is 1.00 bits per heavy atom. The number of Topliss-reactive ketones (excluding diaryl/α,β-unsaturated/α-hetero) is 1. The molecule has 0 bridgehead atoms. The molecule has 3 heterocycles. The van der Waals surface area contributed by atoms with Crippen molar-refractivity contribution in [2.75, 3.05) is 11.4 Å². The Kier molecular flexibility index (Phi) is 4.25. The first-order chi connectivity index (χ1) is 14.5. The van der Waals surface area contributed by atoms with Crippen LogP contribution in [-0.2, 0) is 9.59 Å². The van der Waals surface area contributed by atoms with Crippen molar-refractivity contribution in [2.45, 2.75) is 24.9 Å². The number of imide groups is 1. The molecule has 8 heteroatoms. The Labute approximate surface area is 172 Å². The Morgan fingerprint density at radius 3 is 2.47 bits per heavy atom. The molecule has 2 aromatic rings. The highest BCUT2D eigenvalue weighted by Crippen LogP contribution is 2.48. The number of carbonyl (C=O) groups excluding carboxylic acids is 3. The molecule has 3 fully saturated rings. The number of rotatable bonds is 4. The van der Waals surface area contributed by atoms with Crippen molar-refractivity contribution in [3.05, 3.63) is 70.3 Å². The minimum atomic E-state index is -0.769. The minimum absolute atomic E-state index is 0.156. The maximum absolute atomic E-state index is 13.4. The van der Waals surface area contributed by atoms with Gasteiger partial charge in [0, 0.05) is 23.7 Å². The number of non-ortho nitro benzene ring substituents is 1. The molecule has 0 radical (unpaired) electrons. The highest BCUT2D eigenvalue weighted by atomic mass is 16.6. The summed E-state index contributed by atoms with van der Waals surface area (Å²) in [5.74, 6) is -2.34. The van der Waals surface area contributed by atoms with E-state index in [4.69, 9.17) is 0 Å². The third-order valence-electron chi connectivity index (χ3n) is 6.48. The maximum Gasteiger partial charge on any atom is 0.271 e. The lowest BCUT2D eigenvalue weighted by atomic mass is 9.85. The van der Waals surface area contributed by atoms with E-state index in [2.05, 4.69) is 0 Å². The quantitative estimate of drug-likeness (QED) is 0.335. The Bertz CT molecular complexity index is 1070. The normalized spacial score (nSPS) is 27.9. The lowest BCUT2D eigenvalue weighted by Gasteiger charge is -2.27. The van der Waals surface area contributed by atoms with Gasteiger partial charge in [-0.2, -0.15) is 0 Å². The van der Waals surface area contributed by atoms with Gasteiger partial charge in [-0.25, -0.2) is 4.90 Å². The van der Waals surface area contributed by atoms with Gasteiger partial charge in [-0.1, -0.05) is 36.4 Å². The fraction of sp³-hybridized carbons (Fsp3) is 0.318. The lowest BCUT2D eigenvalue weighted by molar-refractivity contribution is -0.384. The largest absolute Gasteiger partial charge is 0.292 e. The summed E-state index contributed by atoms with van der Waals surface area (Å²) in [6.45, 7) is 0.679. The average molecular weight is 405 g/mol. The van der Waals surface area contributed by atoms with Crippen molar-refractivity contribution in [3.8, 4) is 0 Å². The first-order valence-corrected chi connectivity index (χ1v) is 9.96. The van der Waals surface area contributed by atoms with Gasteiger partial charge in [0.15, 0.2) is 5.78 Å². The molecule has 0 N–H and O–H groups in total. The molecule has 2 aromatic carbocycles. The van der Waals surface area contributed by atoms with Crippen molar-refractivity contribution >= 4 is 29.0 Å². The van der Waals surface area contributed by atoms with Crippen molar-refractivity contribution in [3.63, 3.8) is 0 Å². The van der Waals surface area contributed by atoms with Gasteiger partial charge in [0.1, 0.15) is 0 Å². The predicted octanol–water partition coefficient (Wildman–Crippen LogP) is 2.43. The molecule has 8 nitrogen and oxygen atoms in total. The van der Waals surface area contributed by atoms with Gasteiger partial charge in [0.2, 0.25) is 11.8 Å². The molecule has 3 aliphatic heterocycles. The van der Waals surface area contributed by atoms with Gasteiger partial charge in [-0.3, -0.25) is 29.4 Å². The van der Waals surface area contributed by atoms with Crippen molar-refractivity contribution in [1.29, 1.82) is 0 Å². The molecule has 0 saturated carbocycles. The average Bonchev–Trinajstić information content (AvgIpc) is 3.40. The number of nitro benzene ring substituents is 1. The third kappa shape index (κ3) is 2.60. The van der Waals surface area contributed by atoms with Crippen LogP contribution in [0.5, 0.6) is 0 Å². The summed E-state index contributed by atoms with van der Waals surface area (Å²) >= 11 is 0. The van der Waals surface area contributed by atoms with E-state index >= 15 is 0 Å². The van der Waals surface area contributed by atoms with Gasteiger partial charge >= 0.3 is 0 Å². The summed E-state index contributed by atoms with van der Waals surface area (Å²) in [7, 11) is 0. The molecule has 4 atom stereocenters. The van der Waals surface area contributed by atoms with Crippen LogP contribution in [0.2, 0.25) is 0 Å². The number of nitro groups is 1. The third-order valence-corrected chi connectivity index (χ3v) is 6.48. The van der Waals surface area contributed by atoms with Gasteiger partial charge in [0.05, 0.1) is 28.5 Å². The molecule has 3 saturated heterocycles. The summed E-state index contributed by atoms with van der Waals surface area (Å²) in [5.41, 5.74) is 0.511. The number of carbonyl (C=O) groups is 3. The summed E-state index contributed by atoms with van der Waals surface area (Å²) in [5, 5.41) is 11.1. The molecule has 0 aliphatic carbocycles. The van der Waals surface area contributed by atoms with Crippen LogP contribution in [0.4, 0.5) is 11.4 Å². The zero-order chi connectivity index (χ0) is 21.0. The molecule has 0 aromatic heterocycles. The van der Waals surface area contributed by atoms with Crippen LogP contribution in [-0.4, -0.2) is 46.0 Å². The highest BCUT2D eigenvalue weighted by molar-refractivity contribution is 6.24. The van der Waals surface area contributed by atoms with Gasteiger partial charge < -0.3 is 0 Å². The zero-order valence-electron chi connectivity index (χ0n) is 16.0. The van der Waals surface area contributed by atoms with Crippen molar-refractivity contribution < 1.29 is 19.3 Å². The number of nitrogens with zero attached hydrogens (tertiary/aromatic N) is 3. The van der Waals surface area contributed by atoms with E-state index in [0.717, 1.165) is 17.7 Å². The van der Waals surface area contributed by atoms with E-state index < -0.39 is 28.7 Å². The second-order valence-corrected chi connectivity index (χ2v) is 7.96. The molecule has 0 spiro atoms. The summed E-state index contributed by atoms with van der Waals surface area (Å²) in [4.78, 5) is 53.7. The SMILES string of the molecule is O=C(c1ccccc1)[C@H]1[C@H]2C(=O)N(c3cccc([N+](=O)[O-])c3)C(=O)[C@@H]2[C@H]2CCCN21. The van der Waals surface area contributed by atoms with Crippen LogP contribution in [0.15, 0.2) is 54.6 Å². The van der Waals surface area contributed by atoms with Gasteiger partial charge in [0.25, 0.3) is 5.69 Å². The predicted molar refractivity (Wildman–Crippen MR) is 107 cm³/mol. The molecule has 5 rings (SSSR count). The zero-order valence-corrected chi connectivity index (χ0v) is 16.0. The van der Waals surface area contributed by atoms with Crippen molar-refractivity contribution in [2.24, 2.45) is 11.8 Å². The van der Waals surface area contributed by atoms with Crippen LogP contribution >= 0.6 is 0 Å². The van der Waals surface area contributed by atoms with E-state index in [1.165, 1.54) is 24.3 Å². The van der Waals surface area contributed by atoms with E-state index in [1.807, 2.05) is 11.0 Å². The summed E-state index contributed by atoms with van der Waals surface area (Å²) < 4.78 is 0. The molecule has 3 aliphatic rings. The maximum atomic E-state index is 13.4. The highest BCUT2D eigenvalue weighted by Gasteiger charge is 2.64. The second kappa shape index (κ2) is 6.84. The molecule has 30 heavy (non-hydrogen) atoms. The Morgan fingerprint density at radius 2 is 1.73 bits per heavy atom. The Hall–Kier alpha value is -3.39. The monoisotopic (exact) mass is 405 g/mol. The van der Waals surface area contributed by atoms with Crippen molar-refractivity contribution in [1.82, 2.24) is 4.90 Å². The second-order valence-electron chi connectivity index (χ2n) is 7.96. The molecule has 152 valence electrons. The van der Waals surface area contributed by atoms with Crippen LogP contribution in [0.1, 0.15) is 23.2 Å². The Balaban J connectivity index is 1.55. The molecular formula is C22H19N3O5. The standard InChI is InChI=1S/C22H19N3O5/c26-20(13-6-2-1-3-7-13)19-18-17(16-10-5-11-23(16)19)21(27)24(22(18)28)14-8-4-9-15(12-14)25(29)30/h1-4,6-9,12,16-19H,5,10-11H2/t16-,17-,18+,19-/m1/s1. The fourth-order valence-electron chi connectivity index (χ4n) is 5.29. The van der Waals surface area contributed by atoms with Crippen LogP contribution in [0.3, 0.4) is 0 Å². The molecule has 0 unspecified atom stereocenters. The van der Waals surface area contributed by atoms with Crippen LogP contribution in [0.25, 0.3) is 0 Å². The number of hydrogen-bond donors (Lipinski definition) is 0. The first-order valence-electron chi connectivity index (χ1n) is 9.96. The van der Waals surface area contributed by atoms with E-state index in [-0.39, 0.29) is 29.1 Å². The van der Waals surface area contributed by atoms with Crippen LogP contribution in [0, 0.1) is 22.0 Å². The van der Waals surface area contributed by atoms with Gasteiger partial charge in [-0.15, -0.1) is 0 Å². The number of hydrogen-bond acceptors (Lipinski definition) is 6. The number of amides is 2. The fourth-order valence-corrected chi connectivity index (χ4v) is 5.29. The van der Waals surface area contributed by atoms with E-state index in [9.17, 15) is 24.5 Å². The topological polar surface area (TPSA) is 101 Å². The number of fused-ring (bicyclic) bond motifs is 3. The van der Waals surface area contributed by atoms with E-state index in [1.54, 1.807) is 24.3 Å².